The summed E-state index contributed by atoms with van der Waals surface area (Å²) >= 11 is 0. The Morgan fingerprint density at radius 1 is 1.17 bits per heavy atom. The van der Waals surface area contributed by atoms with Crippen LogP contribution in [0.2, 0.25) is 0 Å². The highest BCUT2D eigenvalue weighted by Crippen LogP contribution is 2.31. The maximum atomic E-state index is 12.0. The summed E-state index contributed by atoms with van der Waals surface area (Å²) in [5.74, 6) is 0.0953. The number of methoxy groups -OCH3 is 1. The van der Waals surface area contributed by atoms with Gasteiger partial charge in [0.1, 0.15) is 0 Å². The van der Waals surface area contributed by atoms with Gasteiger partial charge in [-0.05, 0) is 31.5 Å². The van der Waals surface area contributed by atoms with Crippen molar-refractivity contribution in [1.82, 2.24) is 0 Å². The van der Waals surface area contributed by atoms with Crippen LogP contribution in [0.3, 0.4) is 0 Å². The number of nitrogens with one attached hydrogen (secondary N) is 1. The molecular weight excluding hydrogens is 312 g/mol. The van der Waals surface area contributed by atoms with Crippen LogP contribution in [0.5, 0.6) is 11.5 Å². The number of anilines is 1. The lowest BCUT2D eigenvalue weighted by atomic mass is 10.1. The number of hydrogen-bond acceptors (Lipinski definition) is 5. The zero-order valence-corrected chi connectivity index (χ0v) is 13.7. The van der Waals surface area contributed by atoms with Crippen LogP contribution < -0.4 is 14.8 Å². The standard InChI is InChI=1S/C17H18N2O5/c1-11-4-6-14(12(2)8-11)18-17(20)10-24-16-9-13(19(21)22)5-7-15(16)23-3/h4-9H,10H2,1-3H3,(H,18,20). The number of carbonyl (C=O) groups is 1. The molecule has 7 nitrogen and oxygen atoms in total. The minimum atomic E-state index is -0.540. The molecule has 0 aliphatic carbocycles. The number of aryl methyl sites for hydroxylation is 2. The molecule has 0 saturated heterocycles. The molecule has 0 aliphatic rings. The lowest BCUT2D eigenvalue weighted by molar-refractivity contribution is -0.385. The summed E-state index contributed by atoms with van der Waals surface area (Å²) in [6.07, 6.45) is 0. The van der Waals surface area contributed by atoms with E-state index in [2.05, 4.69) is 5.32 Å². The van der Waals surface area contributed by atoms with E-state index < -0.39 is 4.92 Å². The maximum Gasteiger partial charge on any atom is 0.273 e. The predicted molar refractivity (Wildman–Crippen MR) is 89.7 cm³/mol. The average Bonchev–Trinajstić information content (AvgIpc) is 2.55. The van der Waals surface area contributed by atoms with Crippen molar-refractivity contribution in [3.63, 3.8) is 0 Å². The Kier molecular flexibility index (Phi) is 5.36. The number of nitrogens with zero attached hydrogens (tertiary/aromatic N) is 1. The summed E-state index contributed by atoms with van der Waals surface area (Å²) in [4.78, 5) is 22.3. The monoisotopic (exact) mass is 330 g/mol. The van der Waals surface area contributed by atoms with Crippen molar-refractivity contribution in [2.45, 2.75) is 13.8 Å². The molecule has 0 atom stereocenters. The van der Waals surface area contributed by atoms with Gasteiger partial charge in [-0.1, -0.05) is 17.7 Å². The molecule has 126 valence electrons. The lowest BCUT2D eigenvalue weighted by Crippen LogP contribution is -2.20. The Balaban J connectivity index is 2.05. The molecule has 0 heterocycles. The maximum absolute atomic E-state index is 12.0. The van der Waals surface area contributed by atoms with E-state index in [0.29, 0.717) is 11.4 Å². The lowest BCUT2D eigenvalue weighted by Gasteiger charge is -2.12. The highest BCUT2D eigenvalue weighted by molar-refractivity contribution is 5.92. The van der Waals surface area contributed by atoms with E-state index in [1.807, 2.05) is 32.0 Å². The van der Waals surface area contributed by atoms with Crippen LogP contribution >= 0.6 is 0 Å². The summed E-state index contributed by atoms with van der Waals surface area (Å²) in [5, 5.41) is 13.6. The van der Waals surface area contributed by atoms with Crippen LogP contribution in [0.1, 0.15) is 11.1 Å². The van der Waals surface area contributed by atoms with Gasteiger partial charge in [0.05, 0.1) is 18.1 Å². The molecule has 2 aromatic rings. The van der Waals surface area contributed by atoms with Gasteiger partial charge in [-0.3, -0.25) is 14.9 Å². The number of rotatable bonds is 6. The van der Waals surface area contributed by atoms with E-state index in [1.165, 1.54) is 25.3 Å². The third-order valence-electron chi connectivity index (χ3n) is 3.37. The van der Waals surface area contributed by atoms with Crippen molar-refractivity contribution in [3.05, 3.63) is 57.6 Å². The molecule has 0 unspecified atom stereocenters. The van der Waals surface area contributed by atoms with E-state index in [9.17, 15) is 14.9 Å². The fourth-order valence-corrected chi connectivity index (χ4v) is 2.18. The highest BCUT2D eigenvalue weighted by Gasteiger charge is 2.14. The zero-order chi connectivity index (χ0) is 17.7. The van der Waals surface area contributed by atoms with Gasteiger partial charge in [-0.25, -0.2) is 0 Å². The molecule has 0 fully saturated rings. The van der Waals surface area contributed by atoms with E-state index in [0.717, 1.165) is 11.1 Å². The number of benzene rings is 2. The number of ether oxygens (including phenoxy) is 2. The largest absolute Gasteiger partial charge is 0.493 e. The molecule has 0 bridgehead atoms. The molecular formula is C17H18N2O5. The highest BCUT2D eigenvalue weighted by atomic mass is 16.6. The third kappa shape index (κ3) is 4.22. The molecule has 0 spiro atoms. The molecule has 0 aliphatic heterocycles. The van der Waals surface area contributed by atoms with Crippen molar-refractivity contribution in [3.8, 4) is 11.5 Å². The minimum absolute atomic E-state index is 0.138. The Morgan fingerprint density at radius 3 is 2.54 bits per heavy atom. The van der Waals surface area contributed by atoms with E-state index in [4.69, 9.17) is 9.47 Å². The van der Waals surface area contributed by atoms with E-state index in [-0.39, 0.29) is 24.0 Å². The summed E-state index contributed by atoms with van der Waals surface area (Å²) in [5.41, 5.74) is 2.60. The molecule has 24 heavy (non-hydrogen) atoms. The Bertz CT molecular complexity index is 774. The molecule has 0 saturated carbocycles. The number of amides is 1. The zero-order valence-electron chi connectivity index (χ0n) is 13.7. The van der Waals surface area contributed by atoms with E-state index in [1.54, 1.807) is 0 Å². The Hall–Kier alpha value is -3.09. The fraction of sp³-hybridized carbons (Fsp3) is 0.235. The summed E-state index contributed by atoms with van der Waals surface area (Å²) < 4.78 is 10.5. The van der Waals surface area contributed by atoms with Crippen LogP contribution in [0.4, 0.5) is 11.4 Å². The number of non-ortho nitro benzene ring substituents is 1. The summed E-state index contributed by atoms with van der Waals surface area (Å²) in [6, 6.07) is 9.63. The van der Waals surface area contributed by atoms with Gasteiger partial charge in [0.2, 0.25) is 0 Å². The smallest absolute Gasteiger partial charge is 0.273 e. The van der Waals surface area contributed by atoms with Crippen molar-refractivity contribution < 1.29 is 19.2 Å². The normalized spacial score (nSPS) is 10.1. The summed E-state index contributed by atoms with van der Waals surface area (Å²) in [6.45, 7) is 3.58. The molecule has 1 amide bonds. The molecule has 7 heteroatoms. The topological polar surface area (TPSA) is 90.7 Å². The van der Waals surface area contributed by atoms with Crippen LogP contribution in [-0.4, -0.2) is 24.5 Å². The van der Waals surface area contributed by atoms with Crippen LogP contribution in [0.15, 0.2) is 36.4 Å². The quantitative estimate of drug-likeness (QED) is 0.648. The first-order chi connectivity index (χ1) is 11.4. The Morgan fingerprint density at radius 2 is 1.92 bits per heavy atom. The van der Waals surface area contributed by atoms with Crippen molar-refractivity contribution in [2.75, 3.05) is 19.0 Å². The molecule has 2 rings (SSSR count). The van der Waals surface area contributed by atoms with Crippen molar-refractivity contribution in [1.29, 1.82) is 0 Å². The van der Waals surface area contributed by atoms with Crippen LogP contribution in [0, 0.1) is 24.0 Å². The second-order valence-corrected chi connectivity index (χ2v) is 5.25. The van der Waals surface area contributed by atoms with E-state index >= 15 is 0 Å². The number of nitro benzene ring substituents is 1. The number of carbonyl (C=O) groups excluding carboxylic acids is 1. The first kappa shape index (κ1) is 17.3. The molecule has 1 N–H and O–H groups in total. The molecule has 0 aromatic heterocycles. The fourth-order valence-electron chi connectivity index (χ4n) is 2.18. The molecule has 0 radical (unpaired) electrons. The van der Waals surface area contributed by atoms with Gasteiger partial charge >= 0.3 is 0 Å². The second kappa shape index (κ2) is 7.45. The SMILES string of the molecule is COc1ccc([N+](=O)[O-])cc1OCC(=O)Nc1ccc(C)cc1C. The van der Waals surface area contributed by atoms with Gasteiger partial charge in [-0.2, -0.15) is 0 Å². The predicted octanol–water partition coefficient (Wildman–Crippen LogP) is 3.24. The third-order valence-corrected chi connectivity index (χ3v) is 3.37. The summed E-state index contributed by atoms with van der Waals surface area (Å²) in [7, 11) is 1.42. The second-order valence-electron chi connectivity index (χ2n) is 5.25. The average molecular weight is 330 g/mol. The number of hydrogen-bond donors (Lipinski definition) is 1. The van der Waals surface area contributed by atoms with Crippen molar-refractivity contribution >= 4 is 17.3 Å². The Labute approximate surface area is 139 Å². The van der Waals surface area contributed by atoms with Crippen LogP contribution in [0.25, 0.3) is 0 Å². The minimum Gasteiger partial charge on any atom is -0.493 e. The van der Waals surface area contributed by atoms with Crippen molar-refractivity contribution in [2.24, 2.45) is 0 Å². The van der Waals surface area contributed by atoms with Gasteiger partial charge < -0.3 is 14.8 Å². The van der Waals surface area contributed by atoms with Gasteiger partial charge in [0.15, 0.2) is 18.1 Å². The van der Waals surface area contributed by atoms with Gasteiger partial charge in [-0.15, -0.1) is 0 Å². The van der Waals surface area contributed by atoms with Gasteiger partial charge in [0, 0.05) is 11.8 Å². The first-order valence-corrected chi connectivity index (χ1v) is 7.23. The van der Waals surface area contributed by atoms with Gasteiger partial charge in [0.25, 0.3) is 11.6 Å². The van der Waals surface area contributed by atoms with Crippen LogP contribution in [-0.2, 0) is 4.79 Å². The number of nitro groups is 1. The molecule has 2 aromatic carbocycles. The first-order valence-electron chi connectivity index (χ1n) is 7.23.